The summed E-state index contributed by atoms with van der Waals surface area (Å²) in [4.78, 5) is 12.3. The van der Waals surface area contributed by atoms with E-state index in [0.717, 1.165) is 5.56 Å². The summed E-state index contributed by atoms with van der Waals surface area (Å²) in [6.07, 6.45) is 1.39. The van der Waals surface area contributed by atoms with Gasteiger partial charge in [-0.2, -0.15) is 0 Å². The fraction of sp³-hybridized carbons (Fsp3) is 0.316. The predicted octanol–water partition coefficient (Wildman–Crippen LogP) is 3.39. The van der Waals surface area contributed by atoms with E-state index in [-0.39, 0.29) is 16.8 Å². The molecule has 2 rings (SSSR count). The first-order valence-corrected chi connectivity index (χ1v) is 10.3. The van der Waals surface area contributed by atoms with E-state index >= 15 is 0 Å². The van der Waals surface area contributed by atoms with Crippen molar-refractivity contribution >= 4 is 27.5 Å². The summed E-state index contributed by atoms with van der Waals surface area (Å²) in [5.41, 5.74) is 1.50. The maximum Gasteiger partial charge on any atom is 0.251 e. The van der Waals surface area contributed by atoms with E-state index in [4.69, 9.17) is 11.6 Å². The van der Waals surface area contributed by atoms with Crippen LogP contribution < -0.4 is 10.0 Å². The Labute approximate surface area is 159 Å². The molecule has 2 aromatic rings. The van der Waals surface area contributed by atoms with Gasteiger partial charge >= 0.3 is 0 Å². The number of rotatable bonds is 8. The fourth-order valence-corrected chi connectivity index (χ4v) is 3.73. The molecule has 0 aliphatic rings. The van der Waals surface area contributed by atoms with Crippen molar-refractivity contribution in [2.24, 2.45) is 0 Å². The summed E-state index contributed by atoms with van der Waals surface area (Å²) in [6, 6.07) is 13.2. The van der Waals surface area contributed by atoms with Gasteiger partial charge in [0, 0.05) is 23.2 Å². The number of hydrogen-bond donors (Lipinski definition) is 2. The van der Waals surface area contributed by atoms with Crippen molar-refractivity contribution < 1.29 is 13.2 Å². The average molecular weight is 395 g/mol. The van der Waals surface area contributed by atoms with Gasteiger partial charge in [0.15, 0.2) is 0 Å². The molecular formula is C19H23ClN2O3S. The molecule has 7 heteroatoms. The molecule has 0 saturated carbocycles. The molecule has 0 unspecified atom stereocenters. The third kappa shape index (κ3) is 5.83. The van der Waals surface area contributed by atoms with Crippen LogP contribution in [0.3, 0.4) is 0 Å². The molecule has 140 valence electrons. The van der Waals surface area contributed by atoms with Crippen molar-refractivity contribution in [1.29, 1.82) is 0 Å². The molecule has 0 radical (unpaired) electrons. The Morgan fingerprint density at radius 3 is 2.27 bits per heavy atom. The molecular weight excluding hydrogens is 372 g/mol. The summed E-state index contributed by atoms with van der Waals surface area (Å²) in [5, 5.41) is 3.50. The first kappa shape index (κ1) is 20.4. The standard InChI is InChI=1S/C19H23ClN2O3S/c1-3-14(2)22-26(24,25)18-10-6-16(7-11-18)19(23)21-13-12-15-4-8-17(20)9-5-15/h4-11,14,22H,3,12-13H2,1-2H3,(H,21,23)/t14-/m1/s1. The first-order valence-electron chi connectivity index (χ1n) is 8.47. The SMILES string of the molecule is CC[C@@H](C)NS(=O)(=O)c1ccc(C(=O)NCCc2ccc(Cl)cc2)cc1. The second-order valence-electron chi connectivity index (χ2n) is 6.09. The van der Waals surface area contributed by atoms with Crippen LogP contribution in [0.5, 0.6) is 0 Å². The normalized spacial score (nSPS) is 12.6. The molecule has 1 atom stereocenters. The minimum Gasteiger partial charge on any atom is -0.352 e. The molecule has 0 spiro atoms. The van der Waals surface area contributed by atoms with Gasteiger partial charge in [0.1, 0.15) is 0 Å². The largest absolute Gasteiger partial charge is 0.352 e. The van der Waals surface area contributed by atoms with Crippen LogP contribution in [0.2, 0.25) is 5.02 Å². The molecule has 26 heavy (non-hydrogen) atoms. The highest BCUT2D eigenvalue weighted by molar-refractivity contribution is 7.89. The quantitative estimate of drug-likeness (QED) is 0.720. The summed E-state index contributed by atoms with van der Waals surface area (Å²) in [7, 11) is -3.56. The highest BCUT2D eigenvalue weighted by Gasteiger charge is 2.17. The van der Waals surface area contributed by atoms with Crippen molar-refractivity contribution in [3.8, 4) is 0 Å². The average Bonchev–Trinajstić information content (AvgIpc) is 2.63. The number of nitrogens with one attached hydrogen (secondary N) is 2. The van der Waals surface area contributed by atoms with Crippen molar-refractivity contribution in [2.45, 2.75) is 37.6 Å². The third-order valence-corrected chi connectivity index (χ3v) is 5.87. The molecule has 0 fully saturated rings. The number of amides is 1. The van der Waals surface area contributed by atoms with Gasteiger partial charge in [-0.1, -0.05) is 30.7 Å². The maximum absolute atomic E-state index is 12.2. The summed E-state index contributed by atoms with van der Waals surface area (Å²) in [6.45, 7) is 4.20. The second-order valence-corrected chi connectivity index (χ2v) is 8.24. The van der Waals surface area contributed by atoms with Gasteiger partial charge in [-0.05, 0) is 61.7 Å². The van der Waals surface area contributed by atoms with Crippen molar-refractivity contribution in [1.82, 2.24) is 10.0 Å². The van der Waals surface area contributed by atoms with E-state index in [9.17, 15) is 13.2 Å². The first-order chi connectivity index (χ1) is 12.3. The van der Waals surface area contributed by atoms with Gasteiger partial charge in [-0.25, -0.2) is 13.1 Å². The number of hydrogen-bond acceptors (Lipinski definition) is 3. The Morgan fingerprint density at radius 2 is 1.69 bits per heavy atom. The highest BCUT2D eigenvalue weighted by Crippen LogP contribution is 2.12. The highest BCUT2D eigenvalue weighted by atomic mass is 35.5. The second kappa shape index (κ2) is 9.16. The third-order valence-electron chi connectivity index (χ3n) is 4.01. The smallest absolute Gasteiger partial charge is 0.251 e. The topological polar surface area (TPSA) is 75.3 Å². The van der Waals surface area contributed by atoms with Crippen LogP contribution >= 0.6 is 11.6 Å². The molecule has 2 aromatic carbocycles. The summed E-state index contributed by atoms with van der Waals surface area (Å²) >= 11 is 5.84. The van der Waals surface area contributed by atoms with Crippen molar-refractivity contribution in [3.63, 3.8) is 0 Å². The molecule has 0 aromatic heterocycles. The lowest BCUT2D eigenvalue weighted by Crippen LogP contribution is -2.32. The monoisotopic (exact) mass is 394 g/mol. The van der Waals surface area contributed by atoms with E-state index in [2.05, 4.69) is 10.0 Å². The Kier molecular flexibility index (Phi) is 7.20. The van der Waals surface area contributed by atoms with Crippen LogP contribution in [-0.2, 0) is 16.4 Å². The minimum atomic E-state index is -3.56. The predicted molar refractivity (Wildman–Crippen MR) is 104 cm³/mol. The fourth-order valence-electron chi connectivity index (χ4n) is 2.28. The number of carbonyl (C=O) groups excluding carboxylic acids is 1. The molecule has 0 saturated heterocycles. The van der Waals surface area contributed by atoms with Gasteiger partial charge in [0.2, 0.25) is 10.0 Å². The van der Waals surface area contributed by atoms with E-state index in [1.165, 1.54) is 24.3 Å². The van der Waals surface area contributed by atoms with Crippen LogP contribution in [0.1, 0.15) is 36.2 Å². The molecule has 0 aliphatic carbocycles. The molecule has 1 amide bonds. The van der Waals surface area contributed by atoms with E-state index in [1.54, 1.807) is 6.92 Å². The van der Waals surface area contributed by atoms with Gasteiger partial charge in [-0.15, -0.1) is 0 Å². The van der Waals surface area contributed by atoms with Gasteiger partial charge in [0.05, 0.1) is 4.90 Å². The zero-order valence-electron chi connectivity index (χ0n) is 14.8. The lowest BCUT2D eigenvalue weighted by molar-refractivity contribution is 0.0954. The lowest BCUT2D eigenvalue weighted by atomic mass is 10.1. The van der Waals surface area contributed by atoms with E-state index < -0.39 is 10.0 Å². The van der Waals surface area contributed by atoms with Crippen LogP contribution in [0.25, 0.3) is 0 Å². The Hall–Kier alpha value is -1.89. The maximum atomic E-state index is 12.2. The molecule has 5 nitrogen and oxygen atoms in total. The Morgan fingerprint density at radius 1 is 1.08 bits per heavy atom. The van der Waals surface area contributed by atoms with Crippen LogP contribution in [0, 0.1) is 0 Å². The molecule has 0 aliphatic heterocycles. The van der Waals surface area contributed by atoms with Crippen LogP contribution in [0.15, 0.2) is 53.4 Å². The molecule has 0 heterocycles. The molecule has 2 N–H and O–H groups in total. The number of carbonyl (C=O) groups is 1. The van der Waals surface area contributed by atoms with Crippen molar-refractivity contribution in [3.05, 3.63) is 64.7 Å². The van der Waals surface area contributed by atoms with Gasteiger partial charge in [-0.3, -0.25) is 4.79 Å². The summed E-state index contributed by atoms with van der Waals surface area (Å²) < 4.78 is 27.0. The van der Waals surface area contributed by atoms with Crippen LogP contribution in [-0.4, -0.2) is 26.9 Å². The number of benzene rings is 2. The number of sulfonamides is 1. The lowest BCUT2D eigenvalue weighted by Gasteiger charge is -2.12. The molecule has 0 bridgehead atoms. The van der Waals surface area contributed by atoms with Crippen molar-refractivity contribution in [2.75, 3.05) is 6.54 Å². The zero-order chi connectivity index (χ0) is 19.2. The number of halogens is 1. The van der Waals surface area contributed by atoms with E-state index in [1.807, 2.05) is 31.2 Å². The van der Waals surface area contributed by atoms with Crippen LogP contribution in [0.4, 0.5) is 0 Å². The zero-order valence-corrected chi connectivity index (χ0v) is 16.4. The van der Waals surface area contributed by atoms with Gasteiger partial charge in [0.25, 0.3) is 5.91 Å². The minimum absolute atomic E-state index is 0.143. The van der Waals surface area contributed by atoms with Gasteiger partial charge < -0.3 is 5.32 Å². The Balaban J connectivity index is 1.92. The Bertz CT molecular complexity index is 834. The summed E-state index contributed by atoms with van der Waals surface area (Å²) in [5.74, 6) is -0.238. The van der Waals surface area contributed by atoms with E-state index in [0.29, 0.717) is 30.0 Å².